The zero-order valence-electron chi connectivity index (χ0n) is 16.4. The molecule has 1 fully saturated rings. The number of hydrogen-bond donors (Lipinski definition) is 2. The van der Waals surface area contributed by atoms with Crippen molar-refractivity contribution in [2.24, 2.45) is 0 Å². The number of rotatable bonds is 4. The van der Waals surface area contributed by atoms with Crippen LogP contribution in [-0.4, -0.2) is 19.8 Å². The second-order valence-electron chi connectivity index (χ2n) is 7.30. The van der Waals surface area contributed by atoms with Crippen LogP contribution in [-0.2, 0) is 0 Å². The number of thiocarbonyl (C=S) groups is 1. The second-order valence-corrected chi connectivity index (χ2v) is 8.12. The number of aromatic nitrogens is 2. The molecular formula is C24H19ClN4OS. The van der Waals surface area contributed by atoms with Gasteiger partial charge in [-0.25, -0.2) is 0 Å². The van der Waals surface area contributed by atoms with E-state index in [4.69, 9.17) is 23.8 Å². The molecular weight excluding hydrogens is 428 g/mol. The largest absolute Gasteiger partial charge is 0.508 e. The van der Waals surface area contributed by atoms with E-state index >= 15 is 0 Å². The van der Waals surface area contributed by atoms with Gasteiger partial charge in [-0.2, -0.15) is 0 Å². The number of aromatic hydroxyl groups is 1. The summed E-state index contributed by atoms with van der Waals surface area (Å²) in [5.74, 6) is 0.210. The Labute approximate surface area is 190 Å². The molecule has 2 atom stereocenters. The van der Waals surface area contributed by atoms with E-state index in [1.165, 1.54) is 0 Å². The van der Waals surface area contributed by atoms with Crippen LogP contribution in [0.15, 0.2) is 91.3 Å². The zero-order chi connectivity index (χ0) is 21.4. The van der Waals surface area contributed by atoms with Crippen molar-refractivity contribution in [3.63, 3.8) is 0 Å². The summed E-state index contributed by atoms with van der Waals surface area (Å²) >= 11 is 12.0. The molecule has 0 aliphatic carbocycles. The van der Waals surface area contributed by atoms with E-state index in [1.807, 2.05) is 66.9 Å². The number of nitrogens with one attached hydrogen (secondary N) is 1. The van der Waals surface area contributed by atoms with Crippen molar-refractivity contribution in [1.29, 1.82) is 0 Å². The van der Waals surface area contributed by atoms with Gasteiger partial charge < -0.3 is 19.9 Å². The number of benzene rings is 2. The monoisotopic (exact) mass is 446 g/mol. The van der Waals surface area contributed by atoms with Crippen molar-refractivity contribution in [2.45, 2.75) is 12.1 Å². The van der Waals surface area contributed by atoms with Crippen LogP contribution in [0.1, 0.15) is 23.5 Å². The van der Waals surface area contributed by atoms with E-state index in [1.54, 1.807) is 18.3 Å². The molecule has 0 saturated carbocycles. The number of nitrogens with zero attached hydrogens (tertiary/aromatic N) is 3. The molecule has 31 heavy (non-hydrogen) atoms. The topological polar surface area (TPSA) is 53.3 Å². The van der Waals surface area contributed by atoms with Crippen LogP contribution in [0.25, 0.3) is 5.69 Å². The number of halogens is 1. The molecule has 0 amide bonds. The van der Waals surface area contributed by atoms with Crippen molar-refractivity contribution >= 4 is 34.6 Å². The van der Waals surface area contributed by atoms with Crippen LogP contribution in [0.2, 0.25) is 5.02 Å². The fourth-order valence-electron chi connectivity index (χ4n) is 4.04. The molecule has 0 radical (unpaired) electrons. The summed E-state index contributed by atoms with van der Waals surface area (Å²) in [6, 6.07) is 24.5. The van der Waals surface area contributed by atoms with Crippen LogP contribution in [0.3, 0.4) is 0 Å². The maximum absolute atomic E-state index is 9.77. The quantitative estimate of drug-likeness (QED) is 0.410. The van der Waals surface area contributed by atoms with Gasteiger partial charge in [0.2, 0.25) is 0 Å². The summed E-state index contributed by atoms with van der Waals surface area (Å²) < 4.78 is 2.12. The fourth-order valence-corrected chi connectivity index (χ4v) is 4.57. The van der Waals surface area contributed by atoms with Gasteiger partial charge in [0.15, 0.2) is 5.11 Å². The number of pyridine rings is 1. The lowest BCUT2D eigenvalue weighted by Crippen LogP contribution is -2.30. The molecule has 5 nitrogen and oxygen atoms in total. The number of hydrogen-bond acceptors (Lipinski definition) is 3. The standard InChI is InChI=1S/C24H19ClN4OS/c25-16-5-3-6-18(15-16)28-14-4-8-21(28)23-22(20-7-1-2-13-26-20)27-24(31)29(23)17-9-11-19(30)12-10-17/h1-15,22-23,30H,(H,27,31). The lowest BCUT2D eigenvalue weighted by Gasteiger charge is -2.29. The molecule has 1 aliphatic rings. The van der Waals surface area contributed by atoms with Gasteiger partial charge in [0.05, 0.1) is 11.7 Å². The van der Waals surface area contributed by atoms with Crippen molar-refractivity contribution in [2.75, 3.05) is 4.90 Å². The molecule has 2 unspecified atom stereocenters. The third kappa shape index (κ3) is 3.65. The number of phenolic OH excluding ortho intramolecular Hbond substituents is 1. The molecule has 154 valence electrons. The van der Waals surface area contributed by atoms with Crippen molar-refractivity contribution in [3.8, 4) is 11.4 Å². The first-order chi connectivity index (χ1) is 15.1. The van der Waals surface area contributed by atoms with E-state index in [2.05, 4.69) is 25.8 Å². The minimum atomic E-state index is -0.166. The summed E-state index contributed by atoms with van der Waals surface area (Å²) in [5, 5.41) is 14.5. The minimum absolute atomic E-state index is 0.157. The van der Waals surface area contributed by atoms with E-state index in [0.717, 1.165) is 22.8 Å². The fraction of sp³-hybridized carbons (Fsp3) is 0.0833. The highest BCUT2D eigenvalue weighted by Crippen LogP contribution is 2.42. The van der Waals surface area contributed by atoms with Crippen LogP contribution in [0.4, 0.5) is 5.69 Å². The first-order valence-corrected chi connectivity index (χ1v) is 10.6. The molecule has 0 spiro atoms. The zero-order valence-corrected chi connectivity index (χ0v) is 18.0. The molecule has 2 aromatic carbocycles. The normalized spacial score (nSPS) is 18.2. The molecule has 1 saturated heterocycles. The molecule has 4 aromatic rings. The molecule has 3 heterocycles. The van der Waals surface area contributed by atoms with Crippen LogP contribution < -0.4 is 10.2 Å². The first-order valence-electron chi connectivity index (χ1n) is 9.85. The van der Waals surface area contributed by atoms with Crippen molar-refractivity contribution in [1.82, 2.24) is 14.9 Å². The maximum Gasteiger partial charge on any atom is 0.174 e. The Morgan fingerprint density at radius 3 is 2.52 bits per heavy atom. The number of anilines is 1. The van der Waals surface area contributed by atoms with Gasteiger partial charge in [0, 0.05) is 34.5 Å². The predicted octanol–water partition coefficient (Wildman–Crippen LogP) is 5.41. The van der Waals surface area contributed by atoms with Gasteiger partial charge >= 0.3 is 0 Å². The van der Waals surface area contributed by atoms with Crippen LogP contribution >= 0.6 is 23.8 Å². The average molecular weight is 447 g/mol. The van der Waals surface area contributed by atoms with Crippen molar-refractivity contribution < 1.29 is 5.11 Å². The Morgan fingerprint density at radius 2 is 1.77 bits per heavy atom. The molecule has 5 rings (SSSR count). The smallest absolute Gasteiger partial charge is 0.174 e. The minimum Gasteiger partial charge on any atom is -0.508 e. The van der Waals surface area contributed by atoms with Gasteiger partial charge in [-0.1, -0.05) is 23.7 Å². The van der Waals surface area contributed by atoms with E-state index in [0.29, 0.717) is 10.1 Å². The Morgan fingerprint density at radius 1 is 0.935 bits per heavy atom. The summed E-state index contributed by atoms with van der Waals surface area (Å²) in [4.78, 5) is 6.67. The highest BCUT2D eigenvalue weighted by molar-refractivity contribution is 7.80. The summed E-state index contributed by atoms with van der Waals surface area (Å²) in [6.45, 7) is 0. The van der Waals surface area contributed by atoms with Gasteiger partial charge in [-0.3, -0.25) is 4.98 Å². The lowest BCUT2D eigenvalue weighted by atomic mass is 10.0. The van der Waals surface area contributed by atoms with Gasteiger partial charge in [0.1, 0.15) is 11.8 Å². The third-order valence-electron chi connectivity index (χ3n) is 5.40. The van der Waals surface area contributed by atoms with Crippen molar-refractivity contribution in [3.05, 3.63) is 108 Å². The Balaban J connectivity index is 1.67. The van der Waals surface area contributed by atoms with Gasteiger partial charge in [-0.15, -0.1) is 0 Å². The third-order valence-corrected chi connectivity index (χ3v) is 5.95. The van der Waals surface area contributed by atoms with E-state index < -0.39 is 0 Å². The summed E-state index contributed by atoms with van der Waals surface area (Å²) in [5.41, 5.74) is 3.79. The molecule has 7 heteroatoms. The molecule has 1 aliphatic heterocycles. The lowest BCUT2D eigenvalue weighted by molar-refractivity contribution is 0.475. The molecule has 0 bridgehead atoms. The average Bonchev–Trinajstić information content (AvgIpc) is 3.39. The highest BCUT2D eigenvalue weighted by Gasteiger charge is 2.42. The predicted molar refractivity (Wildman–Crippen MR) is 127 cm³/mol. The number of phenols is 1. The Bertz CT molecular complexity index is 1230. The van der Waals surface area contributed by atoms with Crippen LogP contribution in [0, 0.1) is 0 Å². The molecule has 2 N–H and O–H groups in total. The highest BCUT2D eigenvalue weighted by atomic mass is 35.5. The summed E-state index contributed by atoms with van der Waals surface area (Å²) in [6.07, 6.45) is 3.81. The first kappa shape index (κ1) is 19.6. The SMILES string of the molecule is Oc1ccc(N2C(=S)NC(c3ccccn3)C2c2cccn2-c2cccc(Cl)c2)cc1. The second kappa shape index (κ2) is 8.06. The Kier molecular flexibility index (Phi) is 5.10. The maximum atomic E-state index is 9.77. The van der Waals surface area contributed by atoms with Gasteiger partial charge in [-0.05, 0) is 78.9 Å². The Hall–Kier alpha value is -3.35. The van der Waals surface area contributed by atoms with Gasteiger partial charge in [0.25, 0.3) is 0 Å². The summed E-state index contributed by atoms with van der Waals surface area (Å²) in [7, 11) is 0. The van der Waals surface area contributed by atoms with E-state index in [9.17, 15) is 5.11 Å². The van der Waals surface area contributed by atoms with Crippen LogP contribution in [0.5, 0.6) is 5.75 Å². The molecule has 2 aromatic heterocycles. The van der Waals surface area contributed by atoms with E-state index in [-0.39, 0.29) is 17.8 Å².